The summed E-state index contributed by atoms with van der Waals surface area (Å²) in [5, 5.41) is 0.278. The summed E-state index contributed by atoms with van der Waals surface area (Å²) in [4.78, 5) is 0. The third-order valence-corrected chi connectivity index (χ3v) is 4.30. The highest BCUT2D eigenvalue weighted by molar-refractivity contribution is 8.12. The van der Waals surface area contributed by atoms with E-state index in [9.17, 15) is 8.42 Å². The van der Waals surface area contributed by atoms with Crippen LogP contribution in [0.25, 0.3) is 0 Å². The van der Waals surface area contributed by atoms with Crippen LogP contribution in [0, 0.1) is 0 Å². The van der Waals surface area contributed by atoms with Crippen LogP contribution >= 0.6 is 11.8 Å². The smallest absolute Gasteiger partial charge is 0.159 e. The van der Waals surface area contributed by atoms with Gasteiger partial charge in [0.15, 0.2) is 9.84 Å². The van der Waals surface area contributed by atoms with E-state index in [0.717, 1.165) is 5.75 Å². The zero-order valence-corrected chi connectivity index (χ0v) is 7.39. The van der Waals surface area contributed by atoms with Gasteiger partial charge in [0, 0.05) is 5.75 Å². The number of hydrogen-bond donors (Lipinski definition) is 0. The monoisotopic (exact) mass is 168 g/mol. The van der Waals surface area contributed by atoms with Crippen molar-refractivity contribution < 1.29 is 8.42 Å². The SMILES string of the molecule is CCSCS(=O)(=O)CC. The van der Waals surface area contributed by atoms with E-state index in [4.69, 9.17) is 0 Å². The van der Waals surface area contributed by atoms with Gasteiger partial charge >= 0.3 is 0 Å². The van der Waals surface area contributed by atoms with Crippen LogP contribution in [0.4, 0.5) is 0 Å². The summed E-state index contributed by atoms with van der Waals surface area (Å²) in [6, 6.07) is 0. The Morgan fingerprint density at radius 2 is 1.89 bits per heavy atom. The van der Waals surface area contributed by atoms with Gasteiger partial charge in [-0.15, -0.1) is 11.8 Å². The van der Waals surface area contributed by atoms with E-state index in [-0.39, 0.29) is 10.8 Å². The lowest BCUT2D eigenvalue weighted by Crippen LogP contribution is -2.05. The van der Waals surface area contributed by atoms with Crippen LogP contribution in [-0.4, -0.2) is 25.0 Å². The lowest BCUT2D eigenvalue weighted by Gasteiger charge is -1.96. The van der Waals surface area contributed by atoms with E-state index in [1.54, 1.807) is 6.92 Å². The van der Waals surface area contributed by atoms with Gasteiger partial charge in [0.25, 0.3) is 0 Å². The van der Waals surface area contributed by atoms with Crippen molar-refractivity contribution >= 4 is 21.6 Å². The van der Waals surface area contributed by atoms with Crippen molar-refractivity contribution in [3.63, 3.8) is 0 Å². The second-order valence-corrected chi connectivity index (χ2v) is 5.64. The summed E-state index contributed by atoms with van der Waals surface area (Å²) < 4.78 is 21.5. The molecule has 0 saturated heterocycles. The van der Waals surface area contributed by atoms with Gasteiger partial charge in [0.2, 0.25) is 0 Å². The Hall–Kier alpha value is 0.300. The molecule has 0 rings (SSSR count). The van der Waals surface area contributed by atoms with Gasteiger partial charge in [0.05, 0.1) is 5.08 Å². The van der Waals surface area contributed by atoms with E-state index < -0.39 is 9.84 Å². The van der Waals surface area contributed by atoms with Gasteiger partial charge in [-0.3, -0.25) is 0 Å². The van der Waals surface area contributed by atoms with Crippen LogP contribution in [0.3, 0.4) is 0 Å². The Morgan fingerprint density at radius 3 is 2.22 bits per heavy atom. The first-order valence-electron chi connectivity index (χ1n) is 2.90. The predicted molar refractivity (Wildman–Crippen MR) is 42.5 cm³/mol. The molecule has 56 valence electrons. The fourth-order valence-corrected chi connectivity index (χ4v) is 2.64. The van der Waals surface area contributed by atoms with Crippen molar-refractivity contribution in [3.05, 3.63) is 0 Å². The van der Waals surface area contributed by atoms with Crippen LogP contribution < -0.4 is 0 Å². The molecule has 0 amide bonds. The number of thioether (sulfide) groups is 1. The molecule has 0 radical (unpaired) electrons. The van der Waals surface area contributed by atoms with Gasteiger partial charge in [-0.25, -0.2) is 8.42 Å². The molecule has 0 unspecified atom stereocenters. The average molecular weight is 168 g/mol. The Labute approximate surface area is 60.9 Å². The Kier molecular flexibility index (Phi) is 4.31. The van der Waals surface area contributed by atoms with Gasteiger partial charge < -0.3 is 0 Å². The normalized spacial score (nSPS) is 11.8. The van der Waals surface area contributed by atoms with E-state index >= 15 is 0 Å². The molecule has 2 nitrogen and oxygen atoms in total. The molecule has 0 aliphatic rings. The van der Waals surface area contributed by atoms with Crippen LogP contribution in [0.15, 0.2) is 0 Å². The van der Waals surface area contributed by atoms with Gasteiger partial charge in [-0.2, -0.15) is 0 Å². The first-order valence-corrected chi connectivity index (χ1v) is 5.88. The van der Waals surface area contributed by atoms with Crippen molar-refractivity contribution in [2.24, 2.45) is 0 Å². The maximum absolute atomic E-state index is 10.7. The van der Waals surface area contributed by atoms with E-state index in [1.165, 1.54) is 11.8 Å². The van der Waals surface area contributed by atoms with Crippen LogP contribution in [0.1, 0.15) is 13.8 Å². The van der Waals surface area contributed by atoms with Crippen molar-refractivity contribution in [3.8, 4) is 0 Å². The lowest BCUT2D eigenvalue weighted by molar-refractivity contribution is 0.602. The molecule has 4 heteroatoms. The summed E-state index contributed by atoms with van der Waals surface area (Å²) in [6.45, 7) is 3.63. The Bertz CT molecular complexity index is 148. The molecule has 0 aromatic rings. The molecule has 0 N–H and O–H groups in total. The number of rotatable bonds is 4. The molecule has 9 heavy (non-hydrogen) atoms. The van der Waals surface area contributed by atoms with Crippen LogP contribution in [0.5, 0.6) is 0 Å². The zero-order chi connectivity index (χ0) is 7.33. The summed E-state index contributed by atoms with van der Waals surface area (Å²) in [6.07, 6.45) is 0. The summed E-state index contributed by atoms with van der Waals surface area (Å²) in [5.74, 6) is 1.14. The van der Waals surface area contributed by atoms with Gasteiger partial charge in [-0.05, 0) is 5.75 Å². The molecule has 0 spiro atoms. The first-order chi connectivity index (χ1) is 4.12. The second kappa shape index (κ2) is 4.17. The molecule has 0 aliphatic carbocycles. The summed E-state index contributed by atoms with van der Waals surface area (Å²) in [7, 11) is -2.72. The van der Waals surface area contributed by atoms with Crippen molar-refractivity contribution in [1.29, 1.82) is 0 Å². The van der Waals surface area contributed by atoms with Crippen LogP contribution in [-0.2, 0) is 9.84 Å². The largest absolute Gasteiger partial charge is 0.228 e. The van der Waals surface area contributed by atoms with E-state index in [1.807, 2.05) is 6.92 Å². The van der Waals surface area contributed by atoms with E-state index in [0.29, 0.717) is 0 Å². The quantitative estimate of drug-likeness (QED) is 0.631. The number of sulfone groups is 1. The summed E-state index contributed by atoms with van der Waals surface area (Å²) in [5.41, 5.74) is 0. The van der Waals surface area contributed by atoms with Gasteiger partial charge in [0.1, 0.15) is 0 Å². The zero-order valence-electron chi connectivity index (χ0n) is 5.75. The van der Waals surface area contributed by atoms with E-state index in [2.05, 4.69) is 0 Å². The fourth-order valence-electron chi connectivity index (χ4n) is 0.294. The molecule has 0 fully saturated rings. The Morgan fingerprint density at radius 1 is 1.33 bits per heavy atom. The third kappa shape index (κ3) is 4.78. The highest BCUT2D eigenvalue weighted by Crippen LogP contribution is 2.03. The molecular formula is C5H12O2S2. The molecular weight excluding hydrogens is 156 g/mol. The predicted octanol–water partition coefficient (Wildman–Crippen LogP) is 1.13. The molecule has 0 aromatic carbocycles. The van der Waals surface area contributed by atoms with Gasteiger partial charge in [-0.1, -0.05) is 13.8 Å². The van der Waals surface area contributed by atoms with Crippen molar-refractivity contribution in [2.45, 2.75) is 13.8 Å². The fraction of sp³-hybridized carbons (Fsp3) is 1.00. The molecule has 0 saturated carbocycles. The third-order valence-electron chi connectivity index (χ3n) is 0.907. The molecule has 0 atom stereocenters. The maximum Gasteiger partial charge on any atom is 0.159 e. The average Bonchev–Trinajstić information content (AvgIpc) is 1.84. The molecule has 0 aromatic heterocycles. The lowest BCUT2D eigenvalue weighted by atomic mass is 11.0. The standard InChI is InChI=1S/C5H12O2S2/c1-3-8-5-9(6,7)4-2/h3-5H2,1-2H3. The molecule has 0 aliphatic heterocycles. The van der Waals surface area contributed by atoms with Crippen LogP contribution in [0.2, 0.25) is 0 Å². The minimum absolute atomic E-state index is 0.264. The highest BCUT2D eigenvalue weighted by Gasteiger charge is 2.04. The van der Waals surface area contributed by atoms with Crippen molar-refractivity contribution in [1.82, 2.24) is 0 Å². The first kappa shape index (κ1) is 9.30. The minimum Gasteiger partial charge on any atom is -0.228 e. The Balaban J connectivity index is 3.61. The number of hydrogen-bond acceptors (Lipinski definition) is 3. The maximum atomic E-state index is 10.7. The topological polar surface area (TPSA) is 34.1 Å². The summed E-state index contributed by atoms with van der Waals surface area (Å²) >= 11 is 1.45. The molecule has 0 bridgehead atoms. The molecule has 0 heterocycles. The minimum atomic E-state index is -2.72. The highest BCUT2D eigenvalue weighted by atomic mass is 32.3. The second-order valence-electron chi connectivity index (χ2n) is 1.64. The van der Waals surface area contributed by atoms with Crippen molar-refractivity contribution in [2.75, 3.05) is 16.6 Å².